The molecule has 0 spiro atoms. The standard InChI is InChI=1S/C19H22FNO5/c1-18(2,3)26-12(22)9-21-17(25)14-15(23)13-10(7-6-8-11(13)20)19(4,5)16(14)24/h6-8,14H,9H2,1-5H3,(H,21,25). The van der Waals surface area contributed by atoms with Crippen LogP contribution in [0.3, 0.4) is 0 Å². The van der Waals surface area contributed by atoms with Gasteiger partial charge in [-0.15, -0.1) is 0 Å². The molecule has 1 aliphatic carbocycles. The molecule has 0 saturated carbocycles. The first-order valence-electron chi connectivity index (χ1n) is 8.23. The fraction of sp³-hybridized carbons (Fsp3) is 0.474. The van der Waals surface area contributed by atoms with Crippen LogP contribution in [0.2, 0.25) is 0 Å². The summed E-state index contributed by atoms with van der Waals surface area (Å²) in [6, 6.07) is 4.03. The van der Waals surface area contributed by atoms with Gasteiger partial charge in [0.05, 0.1) is 11.0 Å². The zero-order valence-electron chi connectivity index (χ0n) is 15.4. The third kappa shape index (κ3) is 3.66. The lowest BCUT2D eigenvalue weighted by Crippen LogP contribution is -2.52. The Hall–Kier alpha value is -2.57. The number of nitrogens with one attached hydrogen (secondary N) is 1. The first-order chi connectivity index (χ1) is 11.9. The summed E-state index contributed by atoms with van der Waals surface area (Å²) in [5, 5.41) is 2.25. The van der Waals surface area contributed by atoms with Gasteiger partial charge < -0.3 is 10.1 Å². The lowest BCUT2D eigenvalue weighted by atomic mass is 9.66. The second kappa shape index (κ2) is 6.63. The molecule has 6 nitrogen and oxygen atoms in total. The normalized spacial score (nSPS) is 18.9. The molecule has 0 radical (unpaired) electrons. The second-order valence-corrected chi connectivity index (χ2v) is 7.75. The maximum atomic E-state index is 14.2. The van der Waals surface area contributed by atoms with Gasteiger partial charge in [-0.1, -0.05) is 12.1 Å². The van der Waals surface area contributed by atoms with E-state index in [0.717, 1.165) is 6.07 Å². The predicted molar refractivity (Wildman–Crippen MR) is 91.1 cm³/mol. The van der Waals surface area contributed by atoms with E-state index in [0.29, 0.717) is 0 Å². The molecular weight excluding hydrogens is 341 g/mol. The number of hydrogen-bond acceptors (Lipinski definition) is 5. The van der Waals surface area contributed by atoms with E-state index in [1.165, 1.54) is 26.0 Å². The van der Waals surface area contributed by atoms with E-state index in [4.69, 9.17) is 4.74 Å². The van der Waals surface area contributed by atoms with Crippen LogP contribution >= 0.6 is 0 Å². The number of rotatable bonds is 3. The quantitative estimate of drug-likeness (QED) is 0.655. The number of Topliss-reactive ketones (excluding diaryl/α,β-unsaturated/α-hetero) is 2. The monoisotopic (exact) mass is 363 g/mol. The number of carbonyl (C=O) groups is 4. The van der Waals surface area contributed by atoms with Crippen LogP contribution < -0.4 is 5.32 Å². The third-order valence-electron chi connectivity index (χ3n) is 4.16. The maximum Gasteiger partial charge on any atom is 0.325 e. The van der Waals surface area contributed by atoms with Crippen molar-refractivity contribution in [3.05, 3.63) is 35.1 Å². The Bertz CT molecular complexity index is 792. The van der Waals surface area contributed by atoms with Crippen LogP contribution in [-0.4, -0.2) is 35.6 Å². The number of esters is 1. The summed E-state index contributed by atoms with van der Waals surface area (Å²) in [6.45, 7) is 7.59. The van der Waals surface area contributed by atoms with Crippen molar-refractivity contribution >= 4 is 23.4 Å². The van der Waals surface area contributed by atoms with E-state index in [1.807, 2.05) is 0 Å². The van der Waals surface area contributed by atoms with Gasteiger partial charge in [-0.2, -0.15) is 0 Å². The van der Waals surface area contributed by atoms with Crippen molar-refractivity contribution in [2.45, 2.75) is 45.6 Å². The molecule has 0 aromatic heterocycles. The minimum atomic E-state index is -1.70. The van der Waals surface area contributed by atoms with E-state index in [-0.39, 0.29) is 11.1 Å². The van der Waals surface area contributed by atoms with Crippen LogP contribution in [0.5, 0.6) is 0 Å². The van der Waals surface area contributed by atoms with Crippen LogP contribution in [0.15, 0.2) is 18.2 Å². The molecule has 0 fully saturated rings. The first kappa shape index (κ1) is 19.8. The number of ether oxygens (including phenoxy) is 1. The summed E-state index contributed by atoms with van der Waals surface area (Å²) in [4.78, 5) is 49.5. The fourth-order valence-electron chi connectivity index (χ4n) is 2.93. The average molecular weight is 363 g/mol. The summed E-state index contributed by atoms with van der Waals surface area (Å²) in [6.07, 6.45) is 0. The van der Waals surface area contributed by atoms with Gasteiger partial charge >= 0.3 is 5.97 Å². The molecule has 1 aromatic rings. The van der Waals surface area contributed by atoms with Crippen LogP contribution in [0, 0.1) is 11.7 Å². The molecule has 1 N–H and O–H groups in total. The number of hydrogen-bond donors (Lipinski definition) is 1. The van der Waals surface area contributed by atoms with Crippen LogP contribution in [0.1, 0.15) is 50.5 Å². The van der Waals surface area contributed by atoms with Crippen molar-refractivity contribution in [3.8, 4) is 0 Å². The highest BCUT2D eigenvalue weighted by Gasteiger charge is 2.50. The summed E-state index contributed by atoms with van der Waals surface area (Å²) < 4.78 is 19.3. The molecule has 0 saturated heterocycles. The smallest absolute Gasteiger partial charge is 0.325 e. The van der Waals surface area contributed by atoms with Gasteiger partial charge in [-0.25, -0.2) is 4.39 Å². The zero-order chi connectivity index (χ0) is 19.9. The molecule has 7 heteroatoms. The molecule has 2 rings (SSSR count). The Morgan fingerprint density at radius 2 is 1.85 bits per heavy atom. The molecule has 26 heavy (non-hydrogen) atoms. The molecule has 1 atom stereocenters. The SMILES string of the molecule is CC(C)(C)OC(=O)CNC(=O)C1C(=O)c2c(F)cccc2C(C)(C)C1=O. The molecule has 1 aromatic carbocycles. The molecule has 1 aliphatic rings. The van der Waals surface area contributed by atoms with Gasteiger partial charge in [0.1, 0.15) is 18.0 Å². The first-order valence-corrected chi connectivity index (χ1v) is 8.23. The highest BCUT2D eigenvalue weighted by molar-refractivity contribution is 6.29. The Morgan fingerprint density at radius 1 is 1.23 bits per heavy atom. The fourth-order valence-corrected chi connectivity index (χ4v) is 2.93. The van der Waals surface area contributed by atoms with Crippen LogP contribution in [-0.2, 0) is 24.5 Å². The Morgan fingerprint density at radius 3 is 2.42 bits per heavy atom. The number of amides is 1. The molecule has 1 unspecified atom stereocenters. The Kier molecular flexibility index (Phi) is 5.03. The average Bonchev–Trinajstić information content (AvgIpc) is 2.49. The minimum absolute atomic E-state index is 0.253. The van der Waals surface area contributed by atoms with Crippen molar-refractivity contribution in [1.29, 1.82) is 0 Å². The maximum absolute atomic E-state index is 14.2. The molecule has 1 amide bonds. The van der Waals surface area contributed by atoms with Crippen LogP contribution in [0.4, 0.5) is 4.39 Å². The Labute approximate surface area is 151 Å². The van der Waals surface area contributed by atoms with Gasteiger partial charge in [-0.3, -0.25) is 19.2 Å². The molecule has 0 aliphatic heterocycles. The van der Waals surface area contributed by atoms with Crippen molar-refractivity contribution in [1.82, 2.24) is 5.32 Å². The van der Waals surface area contributed by atoms with Crippen molar-refractivity contribution in [2.24, 2.45) is 5.92 Å². The summed E-state index contributed by atoms with van der Waals surface area (Å²) >= 11 is 0. The Balaban J connectivity index is 2.26. The van der Waals surface area contributed by atoms with Crippen LogP contribution in [0.25, 0.3) is 0 Å². The van der Waals surface area contributed by atoms with Gasteiger partial charge in [0.2, 0.25) is 5.91 Å². The zero-order valence-corrected chi connectivity index (χ0v) is 15.4. The molecular formula is C19H22FNO5. The van der Waals surface area contributed by atoms with E-state index in [1.54, 1.807) is 20.8 Å². The van der Waals surface area contributed by atoms with E-state index < -0.39 is 52.7 Å². The largest absolute Gasteiger partial charge is 0.459 e. The van der Waals surface area contributed by atoms with Gasteiger partial charge in [-0.05, 0) is 46.2 Å². The molecule has 0 heterocycles. The van der Waals surface area contributed by atoms with Gasteiger partial charge in [0.25, 0.3) is 0 Å². The topological polar surface area (TPSA) is 89.5 Å². The highest BCUT2D eigenvalue weighted by Crippen LogP contribution is 2.38. The number of carbonyl (C=O) groups excluding carboxylic acids is 4. The summed E-state index contributed by atoms with van der Waals surface area (Å²) in [5.74, 6) is -5.65. The number of halogens is 1. The number of ketones is 2. The number of benzene rings is 1. The van der Waals surface area contributed by atoms with Gasteiger partial charge in [0.15, 0.2) is 17.5 Å². The molecule has 0 bridgehead atoms. The number of fused-ring (bicyclic) bond motifs is 1. The highest BCUT2D eigenvalue weighted by atomic mass is 19.1. The van der Waals surface area contributed by atoms with E-state index in [9.17, 15) is 23.6 Å². The summed E-state index contributed by atoms with van der Waals surface area (Å²) in [7, 11) is 0. The van der Waals surface area contributed by atoms with Crippen molar-refractivity contribution in [3.63, 3.8) is 0 Å². The van der Waals surface area contributed by atoms with E-state index >= 15 is 0 Å². The van der Waals surface area contributed by atoms with Crippen molar-refractivity contribution in [2.75, 3.05) is 6.54 Å². The second-order valence-electron chi connectivity index (χ2n) is 7.75. The van der Waals surface area contributed by atoms with Crippen molar-refractivity contribution < 1.29 is 28.3 Å². The van der Waals surface area contributed by atoms with Gasteiger partial charge in [0, 0.05) is 0 Å². The molecule has 140 valence electrons. The minimum Gasteiger partial charge on any atom is -0.459 e. The lowest BCUT2D eigenvalue weighted by molar-refractivity contribution is -0.155. The van der Waals surface area contributed by atoms with E-state index in [2.05, 4.69) is 5.32 Å². The predicted octanol–water partition coefficient (Wildman–Crippen LogP) is 1.94. The third-order valence-corrected chi connectivity index (χ3v) is 4.16. The lowest BCUT2D eigenvalue weighted by Gasteiger charge is -2.34. The summed E-state index contributed by atoms with van der Waals surface area (Å²) in [5.41, 5.74) is -1.94.